The molecule has 3 aromatic rings. The lowest BCUT2D eigenvalue weighted by Crippen LogP contribution is -2.31. The third-order valence-electron chi connectivity index (χ3n) is 4.58. The molecule has 1 aliphatic carbocycles. The lowest BCUT2D eigenvalue weighted by molar-refractivity contribution is 0.0809. The SMILES string of the molecule is CC1(C)CCc2nc(-c3cccc(-c4nn[nH]n4)c3)ccc2C1=O. The van der Waals surface area contributed by atoms with Crippen LogP contribution in [-0.4, -0.2) is 31.4 Å². The molecule has 0 atom stereocenters. The van der Waals surface area contributed by atoms with Crippen LogP contribution in [0.3, 0.4) is 0 Å². The number of tetrazole rings is 1. The van der Waals surface area contributed by atoms with Crippen LogP contribution in [0, 0.1) is 5.41 Å². The van der Waals surface area contributed by atoms with Crippen molar-refractivity contribution in [3.63, 3.8) is 0 Å². The summed E-state index contributed by atoms with van der Waals surface area (Å²) in [6, 6.07) is 11.7. The third-order valence-corrected chi connectivity index (χ3v) is 4.58. The summed E-state index contributed by atoms with van der Waals surface area (Å²) in [5.41, 5.74) is 4.04. The number of aryl methyl sites for hydroxylation is 1. The number of nitrogens with one attached hydrogen (secondary N) is 1. The second-order valence-corrected chi connectivity index (χ2v) is 6.72. The van der Waals surface area contributed by atoms with Gasteiger partial charge in [0.25, 0.3) is 0 Å². The first-order chi connectivity index (χ1) is 11.5. The number of benzene rings is 1. The molecule has 0 bridgehead atoms. The molecule has 2 heterocycles. The summed E-state index contributed by atoms with van der Waals surface area (Å²) >= 11 is 0. The molecular weight excluding hydrogens is 302 g/mol. The second-order valence-electron chi connectivity index (χ2n) is 6.72. The van der Waals surface area contributed by atoms with Crippen LogP contribution in [-0.2, 0) is 6.42 Å². The van der Waals surface area contributed by atoms with E-state index in [1.54, 1.807) is 0 Å². The van der Waals surface area contributed by atoms with Crippen molar-refractivity contribution in [1.29, 1.82) is 0 Å². The lowest BCUT2D eigenvalue weighted by Gasteiger charge is -2.29. The number of nitrogens with zero attached hydrogens (tertiary/aromatic N) is 4. The minimum atomic E-state index is -0.297. The molecule has 2 aromatic heterocycles. The highest BCUT2D eigenvalue weighted by atomic mass is 16.1. The number of carbonyl (C=O) groups excluding carboxylic acids is 1. The van der Waals surface area contributed by atoms with Gasteiger partial charge in [-0.05, 0) is 36.3 Å². The Morgan fingerprint density at radius 2 is 1.96 bits per heavy atom. The van der Waals surface area contributed by atoms with E-state index in [2.05, 4.69) is 20.6 Å². The molecule has 0 unspecified atom stereocenters. The zero-order valence-electron chi connectivity index (χ0n) is 13.6. The largest absolute Gasteiger partial charge is 0.294 e. The van der Waals surface area contributed by atoms with Crippen LogP contribution >= 0.6 is 0 Å². The number of hydrogen-bond donors (Lipinski definition) is 1. The Morgan fingerprint density at radius 1 is 1.12 bits per heavy atom. The quantitative estimate of drug-likeness (QED) is 0.784. The topological polar surface area (TPSA) is 84.4 Å². The maximum atomic E-state index is 12.5. The summed E-state index contributed by atoms with van der Waals surface area (Å²) in [6.07, 6.45) is 1.66. The van der Waals surface area contributed by atoms with E-state index in [4.69, 9.17) is 4.98 Å². The van der Waals surface area contributed by atoms with Crippen molar-refractivity contribution < 1.29 is 4.79 Å². The van der Waals surface area contributed by atoms with Crippen LogP contribution in [0.2, 0.25) is 0 Å². The number of Topliss-reactive ketones (excluding diaryl/α,β-unsaturated/α-hetero) is 1. The van der Waals surface area contributed by atoms with Gasteiger partial charge in [0, 0.05) is 22.1 Å². The molecule has 0 saturated carbocycles. The first kappa shape index (κ1) is 14.7. The zero-order chi connectivity index (χ0) is 16.7. The predicted molar refractivity (Wildman–Crippen MR) is 89.3 cm³/mol. The number of aromatic nitrogens is 5. The van der Waals surface area contributed by atoms with Crippen LogP contribution in [0.5, 0.6) is 0 Å². The summed E-state index contributed by atoms with van der Waals surface area (Å²) in [5.74, 6) is 0.732. The molecule has 6 heteroatoms. The average Bonchev–Trinajstić information content (AvgIpc) is 3.13. The average molecular weight is 319 g/mol. The van der Waals surface area contributed by atoms with E-state index in [1.807, 2.05) is 50.2 Å². The molecule has 1 N–H and O–H groups in total. The van der Waals surface area contributed by atoms with E-state index in [0.717, 1.165) is 40.9 Å². The number of aromatic amines is 1. The number of rotatable bonds is 2. The lowest BCUT2D eigenvalue weighted by atomic mass is 9.75. The van der Waals surface area contributed by atoms with E-state index in [0.29, 0.717) is 5.82 Å². The van der Waals surface area contributed by atoms with Gasteiger partial charge >= 0.3 is 0 Å². The van der Waals surface area contributed by atoms with E-state index < -0.39 is 0 Å². The molecule has 4 rings (SSSR count). The van der Waals surface area contributed by atoms with Crippen molar-refractivity contribution in [2.24, 2.45) is 5.41 Å². The Hall–Kier alpha value is -2.89. The van der Waals surface area contributed by atoms with Crippen LogP contribution in [0.15, 0.2) is 36.4 Å². The monoisotopic (exact) mass is 319 g/mol. The fourth-order valence-corrected chi connectivity index (χ4v) is 3.07. The second kappa shape index (κ2) is 5.33. The zero-order valence-corrected chi connectivity index (χ0v) is 13.6. The van der Waals surface area contributed by atoms with E-state index in [-0.39, 0.29) is 11.2 Å². The van der Waals surface area contributed by atoms with Crippen molar-refractivity contribution in [2.45, 2.75) is 26.7 Å². The molecule has 0 amide bonds. The number of H-pyrrole nitrogens is 1. The van der Waals surface area contributed by atoms with Gasteiger partial charge in [-0.1, -0.05) is 32.0 Å². The van der Waals surface area contributed by atoms with Crippen LogP contribution in [0.4, 0.5) is 0 Å². The van der Waals surface area contributed by atoms with E-state index >= 15 is 0 Å². The van der Waals surface area contributed by atoms with E-state index in [1.165, 1.54) is 0 Å². The molecular formula is C18H17N5O. The molecule has 0 fully saturated rings. The molecule has 0 radical (unpaired) electrons. The van der Waals surface area contributed by atoms with Gasteiger partial charge in [0.1, 0.15) is 0 Å². The summed E-state index contributed by atoms with van der Waals surface area (Å²) in [7, 11) is 0. The Kier molecular flexibility index (Phi) is 3.26. The molecule has 24 heavy (non-hydrogen) atoms. The fraction of sp³-hybridized carbons (Fsp3) is 0.278. The number of carbonyl (C=O) groups is 1. The Bertz CT molecular complexity index is 915. The summed E-state index contributed by atoms with van der Waals surface area (Å²) in [5, 5.41) is 14.1. The normalized spacial score (nSPS) is 16.0. The first-order valence-electron chi connectivity index (χ1n) is 7.93. The van der Waals surface area contributed by atoms with Crippen LogP contribution in [0.25, 0.3) is 22.6 Å². The van der Waals surface area contributed by atoms with Gasteiger partial charge in [-0.2, -0.15) is 5.21 Å². The Morgan fingerprint density at radius 3 is 2.75 bits per heavy atom. The highest BCUT2D eigenvalue weighted by molar-refractivity contribution is 6.02. The van der Waals surface area contributed by atoms with Crippen LogP contribution < -0.4 is 0 Å². The molecule has 1 aromatic carbocycles. The standard InChI is InChI=1S/C18H17N5O/c1-18(2)9-8-15-13(16(18)24)6-7-14(19-15)11-4-3-5-12(10-11)17-20-22-23-21-17/h3-7,10H,8-9H2,1-2H3,(H,20,21,22,23). The van der Waals surface area contributed by atoms with Crippen molar-refractivity contribution >= 4 is 5.78 Å². The smallest absolute Gasteiger partial charge is 0.204 e. The van der Waals surface area contributed by atoms with Gasteiger partial charge in [0.05, 0.1) is 11.4 Å². The number of fused-ring (bicyclic) bond motifs is 1. The summed E-state index contributed by atoms with van der Waals surface area (Å²) < 4.78 is 0. The first-order valence-corrected chi connectivity index (χ1v) is 7.93. The van der Waals surface area contributed by atoms with Crippen molar-refractivity contribution in [1.82, 2.24) is 25.6 Å². The van der Waals surface area contributed by atoms with Crippen molar-refractivity contribution in [3.8, 4) is 22.6 Å². The fourth-order valence-electron chi connectivity index (χ4n) is 3.07. The molecule has 120 valence electrons. The van der Waals surface area contributed by atoms with Gasteiger partial charge < -0.3 is 0 Å². The number of ketones is 1. The minimum Gasteiger partial charge on any atom is -0.294 e. The van der Waals surface area contributed by atoms with Crippen molar-refractivity contribution in [2.75, 3.05) is 0 Å². The van der Waals surface area contributed by atoms with Crippen LogP contribution in [0.1, 0.15) is 36.3 Å². The van der Waals surface area contributed by atoms with E-state index in [9.17, 15) is 4.79 Å². The Balaban J connectivity index is 1.74. The molecule has 0 saturated heterocycles. The van der Waals surface area contributed by atoms with Crippen molar-refractivity contribution in [3.05, 3.63) is 47.7 Å². The summed E-state index contributed by atoms with van der Waals surface area (Å²) in [6.45, 7) is 4.00. The van der Waals surface area contributed by atoms with Gasteiger partial charge in [-0.25, -0.2) is 0 Å². The molecule has 0 aliphatic heterocycles. The van der Waals surface area contributed by atoms with Gasteiger partial charge in [0.15, 0.2) is 5.78 Å². The third kappa shape index (κ3) is 2.40. The molecule has 6 nitrogen and oxygen atoms in total. The number of pyridine rings is 1. The molecule has 0 spiro atoms. The minimum absolute atomic E-state index is 0.184. The number of hydrogen-bond acceptors (Lipinski definition) is 5. The van der Waals surface area contributed by atoms with Gasteiger partial charge in [-0.3, -0.25) is 9.78 Å². The van der Waals surface area contributed by atoms with Gasteiger partial charge in [-0.15, -0.1) is 10.2 Å². The highest BCUT2D eigenvalue weighted by Gasteiger charge is 2.34. The molecule has 1 aliphatic rings. The Labute approximate surface area is 139 Å². The maximum absolute atomic E-state index is 12.5. The summed E-state index contributed by atoms with van der Waals surface area (Å²) in [4.78, 5) is 17.3. The highest BCUT2D eigenvalue weighted by Crippen LogP contribution is 2.35. The predicted octanol–water partition coefficient (Wildman–Crippen LogP) is 3.08. The maximum Gasteiger partial charge on any atom is 0.204 e. The van der Waals surface area contributed by atoms with Gasteiger partial charge in [0.2, 0.25) is 5.82 Å².